The lowest BCUT2D eigenvalue weighted by Crippen LogP contribution is -2.08. The SMILES string of the molecule is CC(F)C1/C=C\C/C=C(C2=NCC(CCN=O)=N2)\C=C/1. The third-order valence-electron chi connectivity index (χ3n) is 3.29. The lowest BCUT2D eigenvalue weighted by Gasteiger charge is -2.11. The fraction of sp³-hybridized carbons (Fsp3) is 0.467. The van der Waals surface area contributed by atoms with Gasteiger partial charge < -0.3 is 0 Å². The zero-order chi connectivity index (χ0) is 14.4. The molecule has 5 heteroatoms. The molecule has 0 N–H and O–H groups in total. The van der Waals surface area contributed by atoms with Crippen molar-refractivity contribution < 1.29 is 4.39 Å². The van der Waals surface area contributed by atoms with Crippen LogP contribution in [-0.2, 0) is 0 Å². The first-order chi connectivity index (χ1) is 9.70. The second-order valence-electron chi connectivity index (χ2n) is 4.86. The zero-order valence-corrected chi connectivity index (χ0v) is 11.5. The van der Waals surface area contributed by atoms with E-state index in [2.05, 4.69) is 15.2 Å². The third-order valence-corrected chi connectivity index (χ3v) is 3.29. The summed E-state index contributed by atoms with van der Waals surface area (Å²) in [5.41, 5.74) is 1.79. The molecule has 2 atom stereocenters. The van der Waals surface area contributed by atoms with Gasteiger partial charge in [0.2, 0.25) is 0 Å². The van der Waals surface area contributed by atoms with Crippen LogP contribution in [0.15, 0.2) is 51.1 Å². The van der Waals surface area contributed by atoms with Crippen LogP contribution in [0, 0.1) is 10.8 Å². The number of alkyl halides is 1. The van der Waals surface area contributed by atoms with E-state index in [1.807, 2.05) is 30.4 Å². The normalized spacial score (nSPS) is 29.3. The number of allylic oxidation sites excluding steroid dienone is 4. The van der Waals surface area contributed by atoms with E-state index in [1.54, 1.807) is 6.92 Å². The first-order valence-electron chi connectivity index (χ1n) is 6.80. The molecule has 1 aliphatic carbocycles. The summed E-state index contributed by atoms with van der Waals surface area (Å²) in [7, 11) is 0. The molecule has 2 unspecified atom stereocenters. The molecule has 0 bridgehead atoms. The molecule has 0 saturated heterocycles. The fourth-order valence-electron chi connectivity index (χ4n) is 2.10. The minimum absolute atomic E-state index is 0.205. The second-order valence-corrected chi connectivity index (χ2v) is 4.86. The molecule has 0 aromatic rings. The van der Waals surface area contributed by atoms with E-state index in [0.717, 1.165) is 17.7 Å². The number of nitroso groups, excluding NO2 is 1. The van der Waals surface area contributed by atoms with Crippen LogP contribution in [0.3, 0.4) is 0 Å². The Kier molecular flexibility index (Phi) is 5.09. The molecule has 0 aromatic carbocycles. The summed E-state index contributed by atoms with van der Waals surface area (Å²) in [6.45, 7) is 2.32. The Morgan fingerprint density at radius 3 is 3.10 bits per heavy atom. The van der Waals surface area contributed by atoms with Gasteiger partial charge in [-0.05, 0) is 13.3 Å². The summed E-state index contributed by atoms with van der Waals surface area (Å²) in [6.07, 6.45) is 9.97. The summed E-state index contributed by atoms with van der Waals surface area (Å²) in [5, 5.41) is 2.83. The second kappa shape index (κ2) is 7.03. The number of rotatable bonds is 5. The van der Waals surface area contributed by atoms with Crippen molar-refractivity contribution in [3.05, 3.63) is 40.9 Å². The molecular weight excluding hydrogens is 257 g/mol. The maximum Gasteiger partial charge on any atom is 0.154 e. The van der Waals surface area contributed by atoms with Gasteiger partial charge in [0.15, 0.2) is 5.84 Å². The van der Waals surface area contributed by atoms with E-state index in [1.165, 1.54) is 0 Å². The monoisotopic (exact) mass is 275 g/mol. The van der Waals surface area contributed by atoms with E-state index in [0.29, 0.717) is 18.8 Å². The Morgan fingerprint density at radius 2 is 2.35 bits per heavy atom. The summed E-state index contributed by atoms with van der Waals surface area (Å²) in [4.78, 5) is 18.9. The number of hydrogen-bond acceptors (Lipinski definition) is 4. The lowest BCUT2D eigenvalue weighted by atomic mass is 9.99. The van der Waals surface area contributed by atoms with Crippen LogP contribution < -0.4 is 0 Å². The van der Waals surface area contributed by atoms with Crippen molar-refractivity contribution >= 4 is 11.5 Å². The van der Waals surface area contributed by atoms with Crippen molar-refractivity contribution in [1.82, 2.24) is 0 Å². The molecule has 0 saturated carbocycles. The summed E-state index contributed by atoms with van der Waals surface area (Å²) in [6, 6.07) is 0. The first kappa shape index (κ1) is 14.5. The highest BCUT2D eigenvalue weighted by Crippen LogP contribution is 2.18. The van der Waals surface area contributed by atoms with Gasteiger partial charge in [0, 0.05) is 23.6 Å². The van der Waals surface area contributed by atoms with Gasteiger partial charge in [0.05, 0.1) is 13.1 Å². The molecule has 1 aliphatic heterocycles. The average Bonchev–Trinajstić information content (AvgIpc) is 2.84. The fourth-order valence-corrected chi connectivity index (χ4v) is 2.10. The van der Waals surface area contributed by atoms with E-state index < -0.39 is 6.17 Å². The van der Waals surface area contributed by atoms with Crippen LogP contribution in [0.5, 0.6) is 0 Å². The molecule has 0 aromatic heterocycles. The van der Waals surface area contributed by atoms with Crippen molar-refractivity contribution in [3.8, 4) is 0 Å². The molecule has 4 nitrogen and oxygen atoms in total. The Labute approximate surface area is 117 Å². The molecule has 0 amide bonds. The smallest absolute Gasteiger partial charge is 0.154 e. The maximum absolute atomic E-state index is 13.4. The van der Waals surface area contributed by atoms with Gasteiger partial charge in [0.25, 0.3) is 0 Å². The van der Waals surface area contributed by atoms with Gasteiger partial charge in [-0.15, -0.1) is 0 Å². The number of halogens is 1. The maximum atomic E-state index is 13.4. The van der Waals surface area contributed by atoms with Crippen molar-refractivity contribution in [2.75, 3.05) is 13.1 Å². The Balaban J connectivity index is 2.09. The highest BCUT2D eigenvalue weighted by Gasteiger charge is 2.15. The number of aliphatic imine (C=N–C) groups is 2. The van der Waals surface area contributed by atoms with E-state index >= 15 is 0 Å². The molecule has 106 valence electrons. The van der Waals surface area contributed by atoms with Gasteiger partial charge >= 0.3 is 0 Å². The first-order valence-corrected chi connectivity index (χ1v) is 6.80. The van der Waals surface area contributed by atoms with Gasteiger partial charge in [-0.3, -0.25) is 4.99 Å². The predicted octanol–water partition coefficient (Wildman–Crippen LogP) is 3.41. The Morgan fingerprint density at radius 1 is 1.50 bits per heavy atom. The minimum Gasteiger partial charge on any atom is -0.260 e. The van der Waals surface area contributed by atoms with Crippen LogP contribution >= 0.6 is 0 Å². The van der Waals surface area contributed by atoms with Crippen LogP contribution in [0.4, 0.5) is 4.39 Å². The van der Waals surface area contributed by atoms with Gasteiger partial charge in [-0.2, -0.15) is 4.91 Å². The van der Waals surface area contributed by atoms with Crippen LogP contribution in [-0.4, -0.2) is 30.8 Å². The quantitative estimate of drug-likeness (QED) is 0.560. The molecule has 20 heavy (non-hydrogen) atoms. The molecule has 1 heterocycles. The number of nitrogens with zero attached hydrogens (tertiary/aromatic N) is 3. The largest absolute Gasteiger partial charge is 0.260 e. The van der Waals surface area contributed by atoms with Crippen molar-refractivity contribution in [1.29, 1.82) is 0 Å². The lowest BCUT2D eigenvalue weighted by molar-refractivity contribution is 0.319. The number of amidine groups is 1. The van der Waals surface area contributed by atoms with Gasteiger partial charge in [0.1, 0.15) is 6.17 Å². The number of hydrogen-bond donors (Lipinski definition) is 0. The molecular formula is C15H18FN3O. The predicted molar refractivity (Wildman–Crippen MR) is 80.1 cm³/mol. The highest BCUT2D eigenvalue weighted by atomic mass is 19.1. The molecule has 2 rings (SSSR count). The highest BCUT2D eigenvalue weighted by molar-refractivity contribution is 6.12. The molecule has 0 spiro atoms. The summed E-state index contributed by atoms with van der Waals surface area (Å²) >= 11 is 0. The standard InChI is InChI=1S/C15H18FN3O/c1-11(16)12-4-2-3-5-13(7-6-12)15-17-10-14(19-15)8-9-18-20/h2,4-7,11-12H,3,8-10H2,1H3/b4-2-,7-6-,13-5+. The van der Waals surface area contributed by atoms with Crippen LogP contribution in [0.2, 0.25) is 0 Å². The molecule has 0 radical (unpaired) electrons. The summed E-state index contributed by atoms with van der Waals surface area (Å²) in [5.74, 6) is 0.464. The summed E-state index contributed by atoms with van der Waals surface area (Å²) < 4.78 is 13.4. The van der Waals surface area contributed by atoms with Crippen molar-refractivity contribution in [2.24, 2.45) is 21.1 Å². The van der Waals surface area contributed by atoms with E-state index in [-0.39, 0.29) is 12.5 Å². The van der Waals surface area contributed by atoms with E-state index in [4.69, 9.17) is 0 Å². The average molecular weight is 275 g/mol. The Bertz CT molecular complexity index is 515. The topological polar surface area (TPSA) is 54.1 Å². The van der Waals surface area contributed by atoms with Crippen LogP contribution in [0.1, 0.15) is 19.8 Å². The molecule has 0 fully saturated rings. The zero-order valence-electron chi connectivity index (χ0n) is 11.5. The van der Waals surface area contributed by atoms with Crippen molar-refractivity contribution in [3.63, 3.8) is 0 Å². The molecule has 2 aliphatic rings. The van der Waals surface area contributed by atoms with Gasteiger partial charge in [-0.25, -0.2) is 9.38 Å². The van der Waals surface area contributed by atoms with Gasteiger partial charge in [-0.1, -0.05) is 35.6 Å². The van der Waals surface area contributed by atoms with Crippen LogP contribution in [0.25, 0.3) is 0 Å². The minimum atomic E-state index is -0.912. The van der Waals surface area contributed by atoms with Crippen molar-refractivity contribution in [2.45, 2.75) is 25.9 Å². The van der Waals surface area contributed by atoms with E-state index in [9.17, 15) is 9.30 Å². The Hall–Kier alpha value is -1.91. The third kappa shape index (κ3) is 3.79.